The zero-order chi connectivity index (χ0) is 9.42. The minimum Gasteiger partial charge on any atom is -0.380 e. The number of hydrogen-bond donors (Lipinski definition) is 2. The first kappa shape index (κ1) is 8.54. The molecule has 0 saturated carbocycles. The van der Waals surface area contributed by atoms with Gasteiger partial charge in [-0.2, -0.15) is 5.10 Å². The highest BCUT2D eigenvalue weighted by molar-refractivity contribution is 14.1. The van der Waals surface area contributed by atoms with Crippen LogP contribution in [0.4, 0.5) is 5.82 Å². The number of halogens is 1. The number of nitrogens with zero attached hydrogens (tertiary/aromatic N) is 2. The zero-order valence-electron chi connectivity index (χ0n) is 6.84. The summed E-state index contributed by atoms with van der Waals surface area (Å²) in [6, 6.07) is 0. The molecule has 0 unspecified atom stereocenters. The van der Waals surface area contributed by atoms with E-state index in [1.54, 1.807) is 6.20 Å². The van der Waals surface area contributed by atoms with Gasteiger partial charge < -0.3 is 10.3 Å². The SMILES string of the molecule is Cc1[nH]ncc1-c1onc(N)c1I. The van der Waals surface area contributed by atoms with E-state index in [9.17, 15) is 0 Å². The van der Waals surface area contributed by atoms with Crippen molar-refractivity contribution >= 4 is 28.4 Å². The number of anilines is 1. The maximum absolute atomic E-state index is 5.55. The first-order valence-electron chi connectivity index (χ1n) is 3.61. The van der Waals surface area contributed by atoms with Crippen LogP contribution in [0.2, 0.25) is 0 Å². The monoisotopic (exact) mass is 290 g/mol. The third-order valence-electron chi connectivity index (χ3n) is 1.73. The first-order valence-corrected chi connectivity index (χ1v) is 4.69. The van der Waals surface area contributed by atoms with E-state index < -0.39 is 0 Å². The van der Waals surface area contributed by atoms with E-state index in [2.05, 4.69) is 37.9 Å². The molecule has 3 N–H and O–H groups in total. The maximum atomic E-state index is 5.55. The Bertz CT molecular complexity index is 433. The number of rotatable bonds is 1. The molecular formula is C7H7IN4O. The van der Waals surface area contributed by atoms with E-state index in [0.717, 1.165) is 14.8 Å². The van der Waals surface area contributed by atoms with E-state index in [1.807, 2.05) is 6.92 Å². The highest BCUT2D eigenvalue weighted by Gasteiger charge is 2.15. The van der Waals surface area contributed by atoms with Crippen molar-refractivity contribution < 1.29 is 4.52 Å². The summed E-state index contributed by atoms with van der Waals surface area (Å²) in [4.78, 5) is 0. The molecule has 0 aliphatic carbocycles. The number of nitrogens with one attached hydrogen (secondary N) is 1. The van der Waals surface area contributed by atoms with Crippen LogP contribution >= 0.6 is 22.6 Å². The second-order valence-electron chi connectivity index (χ2n) is 2.62. The fourth-order valence-corrected chi connectivity index (χ4v) is 1.53. The van der Waals surface area contributed by atoms with Gasteiger partial charge in [0.25, 0.3) is 0 Å². The lowest BCUT2D eigenvalue weighted by atomic mass is 10.2. The smallest absolute Gasteiger partial charge is 0.185 e. The molecule has 0 amide bonds. The van der Waals surface area contributed by atoms with Crippen molar-refractivity contribution in [1.29, 1.82) is 0 Å². The number of nitrogens with two attached hydrogens (primary N) is 1. The summed E-state index contributed by atoms with van der Waals surface area (Å²) in [5.41, 5.74) is 7.39. The predicted molar refractivity (Wildman–Crippen MR) is 56.0 cm³/mol. The van der Waals surface area contributed by atoms with Gasteiger partial charge >= 0.3 is 0 Å². The van der Waals surface area contributed by atoms with Gasteiger partial charge in [0.2, 0.25) is 0 Å². The van der Waals surface area contributed by atoms with Crippen LogP contribution in [0.1, 0.15) is 5.69 Å². The number of aromatic amines is 1. The van der Waals surface area contributed by atoms with Crippen molar-refractivity contribution in [1.82, 2.24) is 15.4 Å². The summed E-state index contributed by atoms with van der Waals surface area (Å²) in [5, 5.41) is 10.4. The number of H-pyrrole nitrogens is 1. The van der Waals surface area contributed by atoms with Gasteiger partial charge in [-0.1, -0.05) is 5.16 Å². The molecule has 0 aromatic carbocycles. The Morgan fingerprint density at radius 2 is 2.38 bits per heavy atom. The highest BCUT2D eigenvalue weighted by atomic mass is 127. The molecule has 0 fully saturated rings. The third kappa shape index (κ3) is 1.30. The van der Waals surface area contributed by atoms with Gasteiger partial charge in [-0.25, -0.2) is 0 Å². The normalized spacial score (nSPS) is 10.6. The minimum atomic E-state index is 0.413. The third-order valence-corrected chi connectivity index (χ3v) is 2.78. The second kappa shape index (κ2) is 3.02. The lowest BCUT2D eigenvalue weighted by molar-refractivity contribution is 0.435. The topological polar surface area (TPSA) is 80.7 Å². The summed E-state index contributed by atoms with van der Waals surface area (Å²) >= 11 is 2.09. The first-order chi connectivity index (χ1) is 6.20. The van der Waals surface area contributed by atoms with Crippen molar-refractivity contribution in [3.63, 3.8) is 0 Å². The van der Waals surface area contributed by atoms with Crippen LogP contribution in [0.5, 0.6) is 0 Å². The Hall–Kier alpha value is -1.05. The Kier molecular flexibility index (Phi) is 1.98. The molecular weight excluding hydrogens is 283 g/mol. The largest absolute Gasteiger partial charge is 0.380 e. The molecule has 2 heterocycles. The predicted octanol–water partition coefficient (Wildman–Crippen LogP) is 1.56. The Morgan fingerprint density at radius 3 is 2.85 bits per heavy atom. The molecule has 68 valence electrons. The number of aryl methyl sites for hydroxylation is 1. The van der Waals surface area contributed by atoms with Crippen molar-refractivity contribution in [2.45, 2.75) is 6.92 Å². The van der Waals surface area contributed by atoms with E-state index in [1.165, 1.54) is 0 Å². The second-order valence-corrected chi connectivity index (χ2v) is 3.70. The van der Waals surface area contributed by atoms with Gasteiger partial charge in [0.1, 0.15) is 3.57 Å². The van der Waals surface area contributed by atoms with E-state index in [0.29, 0.717) is 11.6 Å². The van der Waals surface area contributed by atoms with Crippen LogP contribution < -0.4 is 5.73 Å². The molecule has 0 saturated heterocycles. The van der Waals surface area contributed by atoms with Crippen LogP contribution in [0.3, 0.4) is 0 Å². The average molecular weight is 290 g/mol. The Labute approximate surface area is 87.8 Å². The van der Waals surface area contributed by atoms with Crippen LogP contribution in [-0.2, 0) is 0 Å². The highest BCUT2D eigenvalue weighted by Crippen LogP contribution is 2.29. The molecule has 6 heteroatoms. The molecule has 2 aromatic heterocycles. The molecule has 0 atom stereocenters. The number of nitrogen functional groups attached to an aromatic ring is 1. The zero-order valence-corrected chi connectivity index (χ0v) is 8.99. The summed E-state index contributed by atoms with van der Waals surface area (Å²) in [5.74, 6) is 1.08. The van der Waals surface area contributed by atoms with Crippen LogP contribution in [0.25, 0.3) is 11.3 Å². The van der Waals surface area contributed by atoms with E-state index in [-0.39, 0.29) is 0 Å². The molecule has 0 aliphatic heterocycles. The minimum absolute atomic E-state index is 0.413. The van der Waals surface area contributed by atoms with Crippen molar-refractivity contribution in [2.24, 2.45) is 0 Å². The molecule has 2 aromatic rings. The Morgan fingerprint density at radius 1 is 1.62 bits per heavy atom. The van der Waals surface area contributed by atoms with Gasteiger partial charge in [-0.15, -0.1) is 0 Å². The molecule has 0 spiro atoms. The molecule has 0 bridgehead atoms. The summed E-state index contributed by atoms with van der Waals surface area (Å²) in [7, 11) is 0. The van der Waals surface area contributed by atoms with E-state index >= 15 is 0 Å². The van der Waals surface area contributed by atoms with Crippen molar-refractivity contribution in [3.05, 3.63) is 15.5 Å². The lowest BCUT2D eigenvalue weighted by Gasteiger charge is -1.91. The molecule has 13 heavy (non-hydrogen) atoms. The average Bonchev–Trinajstić information content (AvgIpc) is 2.62. The van der Waals surface area contributed by atoms with Crippen LogP contribution in [0.15, 0.2) is 10.7 Å². The fourth-order valence-electron chi connectivity index (χ4n) is 1.04. The quantitative estimate of drug-likeness (QED) is 0.781. The van der Waals surface area contributed by atoms with Gasteiger partial charge in [0, 0.05) is 5.69 Å². The lowest BCUT2D eigenvalue weighted by Crippen LogP contribution is -1.86. The fraction of sp³-hybridized carbons (Fsp3) is 0.143. The van der Waals surface area contributed by atoms with Gasteiger partial charge in [-0.3, -0.25) is 5.10 Å². The Balaban J connectivity index is 2.59. The van der Waals surface area contributed by atoms with Crippen LogP contribution in [-0.4, -0.2) is 15.4 Å². The molecule has 5 nitrogen and oxygen atoms in total. The van der Waals surface area contributed by atoms with E-state index in [4.69, 9.17) is 10.3 Å². The standard InChI is InChI=1S/C7H7IN4O/c1-3-4(2-10-11-3)6-5(8)7(9)12-13-6/h2H,1H3,(H2,9,12)(H,10,11). The summed E-state index contributed by atoms with van der Waals surface area (Å²) in [6.45, 7) is 1.91. The summed E-state index contributed by atoms with van der Waals surface area (Å²) < 4.78 is 5.90. The van der Waals surface area contributed by atoms with Gasteiger partial charge in [0.15, 0.2) is 11.6 Å². The molecule has 2 rings (SSSR count). The molecule has 0 radical (unpaired) electrons. The maximum Gasteiger partial charge on any atom is 0.185 e. The summed E-state index contributed by atoms with van der Waals surface area (Å²) in [6.07, 6.45) is 1.69. The van der Waals surface area contributed by atoms with Crippen molar-refractivity contribution in [3.8, 4) is 11.3 Å². The number of hydrogen-bond acceptors (Lipinski definition) is 4. The molecule has 0 aliphatic rings. The van der Waals surface area contributed by atoms with Gasteiger partial charge in [0.05, 0.1) is 11.8 Å². The number of aromatic nitrogens is 3. The van der Waals surface area contributed by atoms with Crippen LogP contribution in [0, 0.1) is 10.5 Å². The van der Waals surface area contributed by atoms with Crippen molar-refractivity contribution in [2.75, 3.05) is 5.73 Å². The van der Waals surface area contributed by atoms with Gasteiger partial charge in [-0.05, 0) is 29.5 Å².